The van der Waals surface area contributed by atoms with Crippen LogP contribution in [0.15, 0.2) is 0 Å². The van der Waals surface area contributed by atoms with Crippen LogP contribution < -0.4 is 0 Å². The number of hydrogen-bond donors (Lipinski definition) is 0. The zero-order valence-electron chi connectivity index (χ0n) is 13.7. The lowest BCUT2D eigenvalue weighted by molar-refractivity contribution is 0.251. The van der Waals surface area contributed by atoms with Crippen molar-refractivity contribution in [2.24, 2.45) is 11.8 Å². The van der Waals surface area contributed by atoms with Crippen molar-refractivity contribution < 1.29 is 0 Å². The third-order valence-electron chi connectivity index (χ3n) is 3.97. The van der Waals surface area contributed by atoms with Gasteiger partial charge in [0.05, 0.1) is 0 Å². The maximum absolute atomic E-state index is 2.49. The van der Waals surface area contributed by atoms with Crippen LogP contribution in [0.25, 0.3) is 0 Å². The first-order valence-electron chi connectivity index (χ1n) is 7.86. The molecular weight excluding hydrogens is 220 g/mol. The molecule has 2 nitrogen and oxygen atoms in total. The Morgan fingerprint density at radius 2 is 1.06 bits per heavy atom. The van der Waals surface area contributed by atoms with Gasteiger partial charge < -0.3 is 9.80 Å². The predicted octanol–water partition coefficient (Wildman–Crippen LogP) is 3.72. The molecule has 0 amide bonds. The second kappa shape index (κ2) is 10.8. The van der Waals surface area contributed by atoms with E-state index in [1.54, 1.807) is 0 Å². The molecule has 0 aliphatic rings. The van der Waals surface area contributed by atoms with Gasteiger partial charge in [0.1, 0.15) is 0 Å². The van der Waals surface area contributed by atoms with E-state index in [1.165, 1.54) is 51.9 Å². The summed E-state index contributed by atoms with van der Waals surface area (Å²) >= 11 is 0. The van der Waals surface area contributed by atoms with E-state index in [9.17, 15) is 0 Å². The first kappa shape index (κ1) is 17.9. The first-order chi connectivity index (χ1) is 8.49. The van der Waals surface area contributed by atoms with Crippen LogP contribution in [0.1, 0.15) is 53.4 Å². The average molecular weight is 256 g/mol. The van der Waals surface area contributed by atoms with Crippen molar-refractivity contribution in [2.75, 3.05) is 40.3 Å². The van der Waals surface area contributed by atoms with Crippen molar-refractivity contribution in [3.05, 3.63) is 0 Å². The Balaban J connectivity index is 3.49. The molecule has 0 radical (unpaired) electrons. The van der Waals surface area contributed by atoms with E-state index in [1.807, 2.05) is 0 Å². The second-order valence-electron chi connectivity index (χ2n) is 6.26. The number of rotatable bonds is 11. The van der Waals surface area contributed by atoms with E-state index in [-0.39, 0.29) is 0 Å². The molecule has 2 heteroatoms. The summed E-state index contributed by atoms with van der Waals surface area (Å²) in [4.78, 5) is 4.98. The summed E-state index contributed by atoms with van der Waals surface area (Å²) < 4.78 is 0. The van der Waals surface area contributed by atoms with Crippen LogP contribution in [0.4, 0.5) is 0 Å². The van der Waals surface area contributed by atoms with Gasteiger partial charge in [0.25, 0.3) is 0 Å². The van der Waals surface area contributed by atoms with Gasteiger partial charge in [0.2, 0.25) is 0 Å². The van der Waals surface area contributed by atoms with Crippen molar-refractivity contribution in [2.45, 2.75) is 53.4 Å². The minimum Gasteiger partial charge on any atom is -0.306 e. The molecule has 0 aromatic carbocycles. The minimum absolute atomic E-state index is 0.836. The maximum Gasteiger partial charge on any atom is 0.000387 e. The van der Waals surface area contributed by atoms with Crippen LogP contribution in [0.2, 0.25) is 0 Å². The normalized spacial score (nSPS) is 15.3. The van der Waals surface area contributed by atoms with Crippen molar-refractivity contribution in [1.82, 2.24) is 9.80 Å². The number of hydrogen-bond acceptors (Lipinski definition) is 2. The largest absolute Gasteiger partial charge is 0.306 e. The lowest BCUT2D eigenvalue weighted by Gasteiger charge is -2.22. The molecule has 0 aromatic rings. The summed E-state index contributed by atoms with van der Waals surface area (Å²) in [5, 5.41) is 0. The molecule has 0 spiro atoms. The SMILES string of the molecule is CCC(C)CN(C)CCCCN(C)CC(C)CC. The number of unbranched alkanes of at least 4 members (excludes halogenated alkanes) is 1. The van der Waals surface area contributed by atoms with Gasteiger partial charge in [-0.1, -0.05) is 40.5 Å². The van der Waals surface area contributed by atoms with E-state index >= 15 is 0 Å². The van der Waals surface area contributed by atoms with Gasteiger partial charge in [-0.05, 0) is 51.9 Å². The van der Waals surface area contributed by atoms with Crippen LogP contribution in [-0.4, -0.2) is 50.1 Å². The molecule has 0 rings (SSSR count). The van der Waals surface area contributed by atoms with Gasteiger partial charge in [-0.3, -0.25) is 0 Å². The minimum atomic E-state index is 0.836. The smallest absolute Gasteiger partial charge is 0.000387 e. The standard InChI is InChI=1S/C16H36N2/c1-7-15(3)13-17(5)11-9-10-12-18(6)14-16(4)8-2/h15-16H,7-14H2,1-6H3. The Labute approximate surface area is 116 Å². The molecule has 0 fully saturated rings. The molecule has 0 saturated heterocycles. The van der Waals surface area contributed by atoms with Crippen molar-refractivity contribution in [3.63, 3.8) is 0 Å². The summed E-state index contributed by atoms with van der Waals surface area (Å²) in [7, 11) is 4.52. The summed E-state index contributed by atoms with van der Waals surface area (Å²) in [5.41, 5.74) is 0. The Bertz CT molecular complexity index is 162. The van der Waals surface area contributed by atoms with Gasteiger partial charge >= 0.3 is 0 Å². The zero-order chi connectivity index (χ0) is 14.0. The van der Waals surface area contributed by atoms with Crippen molar-refractivity contribution in [1.29, 1.82) is 0 Å². The fourth-order valence-electron chi connectivity index (χ4n) is 2.27. The molecule has 0 bridgehead atoms. The van der Waals surface area contributed by atoms with E-state index in [2.05, 4.69) is 51.6 Å². The summed E-state index contributed by atoms with van der Waals surface area (Å²) in [6, 6.07) is 0. The number of nitrogens with zero attached hydrogens (tertiary/aromatic N) is 2. The lowest BCUT2D eigenvalue weighted by atomic mass is 10.1. The third-order valence-corrected chi connectivity index (χ3v) is 3.97. The van der Waals surface area contributed by atoms with Crippen LogP contribution in [0.3, 0.4) is 0 Å². The quantitative estimate of drug-likeness (QED) is 0.520. The van der Waals surface area contributed by atoms with Gasteiger partial charge in [-0.25, -0.2) is 0 Å². The maximum atomic E-state index is 2.49. The molecular formula is C16H36N2. The lowest BCUT2D eigenvalue weighted by Crippen LogP contribution is -2.28. The average Bonchev–Trinajstić information content (AvgIpc) is 2.34. The Kier molecular flexibility index (Phi) is 10.8. The van der Waals surface area contributed by atoms with Gasteiger partial charge in [0, 0.05) is 13.1 Å². The topological polar surface area (TPSA) is 6.48 Å². The second-order valence-corrected chi connectivity index (χ2v) is 6.26. The predicted molar refractivity (Wildman–Crippen MR) is 83.1 cm³/mol. The fraction of sp³-hybridized carbons (Fsp3) is 1.00. The fourth-order valence-corrected chi connectivity index (χ4v) is 2.27. The van der Waals surface area contributed by atoms with Gasteiger partial charge in [-0.2, -0.15) is 0 Å². The highest BCUT2D eigenvalue weighted by Crippen LogP contribution is 2.05. The molecule has 0 heterocycles. The van der Waals surface area contributed by atoms with Crippen molar-refractivity contribution in [3.8, 4) is 0 Å². The Hall–Kier alpha value is -0.0800. The zero-order valence-corrected chi connectivity index (χ0v) is 13.7. The molecule has 0 saturated carbocycles. The van der Waals surface area contributed by atoms with Gasteiger partial charge in [-0.15, -0.1) is 0 Å². The molecule has 0 aliphatic carbocycles. The highest BCUT2D eigenvalue weighted by atomic mass is 15.1. The molecule has 2 unspecified atom stereocenters. The summed E-state index contributed by atoms with van der Waals surface area (Å²) in [5.74, 6) is 1.67. The van der Waals surface area contributed by atoms with E-state index in [0.29, 0.717) is 0 Å². The highest BCUT2D eigenvalue weighted by Gasteiger charge is 2.06. The van der Waals surface area contributed by atoms with Crippen molar-refractivity contribution >= 4 is 0 Å². The molecule has 0 aromatic heterocycles. The van der Waals surface area contributed by atoms with E-state index < -0.39 is 0 Å². The van der Waals surface area contributed by atoms with Crippen LogP contribution >= 0.6 is 0 Å². The molecule has 110 valence electrons. The highest BCUT2D eigenvalue weighted by molar-refractivity contribution is 4.60. The van der Waals surface area contributed by atoms with Crippen LogP contribution in [0, 0.1) is 11.8 Å². The molecule has 0 aliphatic heterocycles. The van der Waals surface area contributed by atoms with Crippen LogP contribution in [0.5, 0.6) is 0 Å². The van der Waals surface area contributed by atoms with Gasteiger partial charge in [0.15, 0.2) is 0 Å². The summed E-state index contributed by atoms with van der Waals surface area (Å²) in [6.07, 6.45) is 5.25. The monoisotopic (exact) mass is 256 g/mol. The van der Waals surface area contributed by atoms with E-state index in [0.717, 1.165) is 11.8 Å². The van der Waals surface area contributed by atoms with E-state index in [4.69, 9.17) is 0 Å². The molecule has 18 heavy (non-hydrogen) atoms. The third kappa shape index (κ3) is 9.90. The first-order valence-corrected chi connectivity index (χ1v) is 7.86. The summed E-state index contributed by atoms with van der Waals surface area (Å²) in [6.45, 7) is 14.2. The Morgan fingerprint density at radius 3 is 1.33 bits per heavy atom. The Morgan fingerprint density at radius 1 is 0.722 bits per heavy atom. The molecule has 0 N–H and O–H groups in total. The molecule has 2 atom stereocenters. The van der Waals surface area contributed by atoms with Crippen LogP contribution in [-0.2, 0) is 0 Å².